The lowest BCUT2D eigenvalue weighted by Gasteiger charge is -2.04. The topological polar surface area (TPSA) is 47.3 Å². The van der Waals surface area contributed by atoms with E-state index in [0.717, 1.165) is 19.4 Å². The summed E-state index contributed by atoms with van der Waals surface area (Å²) in [6.07, 6.45) is 1.87. The lowest BCUT2D eigenvalue weighted by atomic mass is 10.3. The maximum Gasteiger partial charge on any atom is 0.159 e. The molecule has 0 aliphatic rings. The molecule has 0 saturated heterocycles. The third-order valence-electron chi connectivity index (χ3n) is 1.19. The van der Waals surface area contributed by atoms with E-state index in [4.69, 9.17) is 22.7 Å². The van der Waals surface area contributed by atoms with Gasteiger partial charge in [0.2, 0.25) is 0 Å². The normalized spacial score (nSPS) is 9.64. The Kier molecular flexibility index (Phi) is 7.78. The monoisotopic (exact) mass is 176 g/mol. The molecule has 4 heteroatoms. The van der Waals surface area contributed by atoms with Crippen molar-refractivity contribution in [3.63, 3.8) is 0 Å². The molecule has 0 spiro atoms. The van der Waals surface area contributed by atoms with Crippen molar-refractivity contribution in [1.82, 2.24) is 5.32 Å². The van der Waals surface area contributed by atoms with E-state index in [2.05, 4.69) is 5.32 Å². The Morgan fingerprint density at radius 1 is 1.64 bits per heavy atom. The van der Waals surface area contributed by atoms with Crippen molar-refractivity contribution in [1.29, 1.82) is 0 Å². The predicted molar refractivity (Wildman–Crippen MR) is 50.8 cm³/mol. The van der Waals surface area contributed by atoms with Crippen molar-refractivity contribution in [2.24, 2.45) is 5.73 Å². The van der Waals surface area contributed by atoms with Gasteiger partial charge in [0.05, 0.1) is 0 Å². The van der Waals surface area contributed by atoms with Gasteiger partial charge in [0, 0.05) is 13.0 Å². The summed E-state index contributed by atoms with van der Waals surface area (Å²) in [6.45, 7) is 2.05. The first kappa shape index (κ1) is 10.8. The third kappa shape index (κ3) is 7.71. The van der Waals surface area contributed by atoms with E-state index in [9.17, 15) is 0 Å². The molecule has 3 nitrogen and oxygen atoms in total. The second-order valence-corrected chi connectivity index (χ2v) is 2.67. The van der Waals surface area contributed by atoms with Gasteiger partial charge in [-0.15, -0.1) is 0 Å². The van der Waals surface area contributed by atoms with Crippen molar-refractivity contribution in [2.45, 2.75) is 12.8 Å². The van der Waals surface area contributed by atoms with Crippen LogP contribution in [-0.2, 0) is 4.74 Å². The van der Waals surface area contributed by atoms with Crippen molar-refractivity contribution >= 4 is 17.3 Å². The number of hydrogen-bond acceptors (Lipinski definition) is 4. The lowest BCUT2D eigenvalue weighted by Crippen LogP contribution is -2.14. The van der Waals surface area contributed by atoms with E-state index in [1.165, 1.54) is 0 Å². The zero-order valence-electron chi connectivity index (χ0n) is 6.93. The molecule has 0 amide bonds. The standard InChI is InChI=1S/C7H16N2OS/c1-9-5-2-3-7(11)10-6-4-8/h9H,2-6,8H2,1H3. The highest BCUT2D eigenvalue weighted by atomic mass is 32.1. The minimum absolute atomic E-state index is 0.534. The third-order valence-corrected chi connectivity index (χ3v) is 1.51. The Balaban J connectivity index is 3.09. The fraction of sp³-hybridized carbons (Fsp3) is 0.857. The largest absolute Gasteiger partial charge is 0.486 e. The van der Waals surface area contributed by atoms with Crippen LogP contribution >= 0.6 is 12.2 Å². The molecule has 0 aromatic heterocycles. The highest BCUT2D eigenvalue weighted by Gasteiger charge is 1.95. The fourth-order valence-corrected chi connectivity index (χ4v) is 0.882. The maximum atomic E-state index is 5.23. The average molecular weight is 176 g/mol. The molecule has 3 N–H and O–H groups in total. The summed E-state index contributed by atoms with van der Waals surface area (Å²) in [5.41, 5.74) is 5.23. The Labute approximate surface area is 73.3 Å². The molecule has 0 aromatic rings. The molecule has 0 unspecified atom stereocenters. The number of hydrogen-bond donors (Lipinski definition) is 2. The zero-order valence-corrected chi connectivity index (χ0v) is 7.75. The van der Waals surface area contributed by atoms with E-state index in [1.54, 1.807) is 0 Å². The quantitative estimate of drug-likeness (QED) is 0.451. The van der Waals surface area contributed by atoms with Crippen molar-refractivity contribution in [2.75, 3.05) is 26.7 Å². The molecule has 11 heavy (non-hydrogen) atoms. The number of thiocarbonyl (C=S) groups is 1. The van der Waals surface area contributed by atoms with Gasteiger partial charge in [-0.2, -0.15) is 0 Å². The summed E-state index contributed by atoms with van der Waals surface area (Å²) >= 11 is 4.93. The van der Waals surface area contributed by atoms with Crippen LogP contribution in [-0.4, -0.2) is 31.8 Å². The second kappa shape index (κ2) is 7.91. The molecule has 0 fully saturated rings. The summed E-state index contributed by atoms with van der Waals surface area (Å²) in [4.78, 5) is 0. The van der Waals surface area contributed by atoms with Crippen LogP contribution < -0.4 is 11.1 Å². The van der Waals surface area contributed by atoms with Crippen LogP contribution in [0.4, 0.5) is 0 Å². The zero-order chi connectivity index (χ0) is 8.53. The van der Waals surface area contributed by atoms with Crippen molar-refractivity contribution in [3.05, 3.63) is 0 Å². The van der Waals surface area contributed by atoms with Crippen LogP contribution in [0.2, 0.25) is 0 Å². The Morgan fingerprint density at radius 3 is 2.91 bits per heavy atom. The molecule has 0 rings (SSSR count). The van der Waals surface area contributed by atoms with Gasteiger partial charge in [0.15, 0.2) is 5.05 Å². The molecule has 0 aromatic carbocycles. The number of nitrogens with two attached hydrogens (primary N) is 1. The van der Waals surface area contributed by atoms with Crippen molar-refractivity contribution in [3.8, 4) is 0 Å². The van der Waals surface area contributed by atoms with Gasteiger partial charge in [0.1, 0.15) is 6.61 Å². The number of rotatable bonds is 6. The fourth-order valence-electron chi connectivity index (χ4n) is 0.654. The summed E-state index contributed by atoms with van der Waals surface area (Å²) in [5.74, 6) is 0. The van der Waals surface area contributed by atoms with Crippen LogP contribution in [0.25, 0.3) is 0 Å². The van der Waals surface area contributed by atoms with Crippen LogP contribution in [0.3, 0.4) is 0 Å². The number of nitrogens with one attached hydrogen (secondary N) is 1. The molecule has 0 heterocycles. The summed E-state index contributed by atoms with van der Waals surface area (Å²) in [5, 5.41) is 3.71. The van der Waals surface area contributed by atoms with E-state index in [-0.39, 0.29) is 0 Å². The summed E-state index contributed by atoms with van der Waals surface area (Å²) in [6, 6.07) is 0. The van der Waals surface area contributed by atoms with E-state index < -0.39 is 0 Å². The lowest BCUT2D eigenvalue weighted by molar-refractivity contribution is 0.314. The van der Waals surface area contributed by atoms with E-state index in [0.29, 0.717) is 18.2 Å². The van der Waals surface area contributed by atoms with Crippen LogP contribution in [0.1, 0.15) is 12.8 Å². The van der Waals surface area contributed by atoms with Gasteiger partial charge in [-0.3, -0.25) is 0 Å². The molecule has 0 aliphatic heterocycles. The van der Waals surface area contributed by atoms with Gasteiger partial charge < -0.3 is 15.8 Å². The maximum absolute atomic E-state index is 5.23. The van der Waals surface area contributed by atoms with Gasteiger partial charge in [-0.25, -0.2) is 0 Å². The molecule has 0 bridgehead atoms. The van der Waals surface area contributed by atoms with Crippen LogP contribution in [0.15, 0.2) is 0 Å². The Morgan fingerprint density at radius 2 is 2.36 bits per heavy atom. The molecular formula is C7H16N2OS. The molecular weight excluding hydrogens is 160 g/mol. The van der Waals surface area contributed by atoms with Gasteiger partial charge in [-0.1, -0.05) is 0 Å². The van der Waals surface area contributed by atoms with Gasteiger partial charge >= 0.3 is 0 Å². The Hall–Kier alpha value is -0.190. The Bertz CT molecular complexity index is 109. The van der Waals surface area contributed by atoms with Crippen LogP contribution in [0.5, 0.6) is 0 Å². The molecule has 0 radical (unpaired) electrons. The molecule has 0 aliphatic carbocycles. The summed E-state index contributed by atoms with van der Waals surface area (Å²) in [7, 11) is 1.92. The second-order valence-electron chi connectivity index (χ2n) is 2.22. The first-order chi connectivity index (χ1) is 5.31. The first-order valence-corrected chi connectivity index (χ1v) is 4.22. The van der Waals surface area contributed by atoms with Crippen molar-refractivity contribution < 1.29 is 4.74 Å². The SMILES string of the molecule is CNCCCC(=S)OCCN. The van der Waals surface area contributed by atoms with Crippen LogP contribution in [0, 0.1) is 0 Å². The molecule has 0 atom stereocenters. The molecule has 66 valence electrons. The average Bonchev–Trinajstić information content (AvgIpc) is 2.01. The highest BCUT2D eigenvalue weighted by molar-refractivity contribution is 7.80. The predicted octanol–water partition coefficient (Wildman–Crippen LogP) is 0.289. The van der Waals surface area contributed by atoms with Gasteiger partial charge in [0.25, 0.3) is 0 Å². The number of ether oxygens (including phenoxy) is 1. The highest BCUT2D eigenvalue weighted by Crippen LogP contribution is 1.93. The minimum Gasteiger partial charge on any atom is -0.486 e. The van der Waals surface area contributed by atoms with E-state index in [1.807, 2.05) is 7.05 Å². The summed E-state index contributed by atoms with van der Waals surface area (Å²) < 4.78 is 5.12. The first-order valence-electron chi connectivity index (χ1n) is 3.81. The minimum atomic E-state index is 0.534. The smallest absolute Gasteiger partial charge is 0.159 e. The van der Waals surface area contributed by atoms with E-state index >= 15 is 0 Å². The van der Waals surface area contributed by atoms with Gasteiger partial charge in [-0.05, 0) is 32.2 Å². The molecule has 0 saturated carbocycles.